The first-order valence-electron chi connectivity index (χ1n) is 4.51. The van der Waals surface area contributed by atoms with Crippen LogP contribution in [0.15, 0.2) is 29.2 Å². The molecule has 80 valence electrons. The van der Waals surface area contributed by atoms with Crippen molar-refractivity contribution < 1.29 is 14.7 Å². The average Bonchev–Trinajstić information content (AvgIpc) is 2.18. The first-order chi connectivity index (χ1) is 7.00. The van der Waals surface area contributed by atoms with Crippen LogP contribution in [0, 0.1) is 0 Å². The van der Waals surface area contributed by atoms with Gasteiger partial charge in [0.25, 0.3) is 0 Å². The van der Waals surface area contributed by atoms with Gasteiger partial charge in [-0.1, -0.05) is 12.1 Å². The number of rotatable bonds is 4. The van der Waals surface area contributed by atoms with Crippen LogP contribution in [0.2, 0.25) is 0 Å². The van der Waals surface area contributed by atoms with Gasteiger partial charge in [-0.05, 0) is 26.0 Å². The number of hydrogen-bond donors (Lipinski definition) is 1. The lowest BCUT2D eigenvalue weighted by Gasteiger charge is -2.05. The van der Waals surface area contributed by atoms with Crippen molar-refractivity contribution >= 4 is 23.5 Å². The monoisotopic (exact) mass is 224 g/mol. The third-order valence-electron chi connectivity index (χ3n) is 1.92. The smallest absolute Gasteiger partial charge is 0.316 e. The zero-order chi connectivity index (χ0) is 11.4. The number of ketones is 1. The van der Waals surface area contributed by atoms with E-state index in [2.05, 4.69) is 0 Å². The van der Waals surface area contributed by atoms with Gasteiger partial charge in [0, 0.05) is 10.5 Å². The van der Waals surface area contributed by atoms with Crippen molar-refractivity contribution in [3.63, 3.8) is 0 Å². The summed E-state index contributed by atoms with van der Waals surface area (Å²) in [6.07, 6.45) is 0. The first kappa shape index (κ1) is 11.8. The van der Waals surface area contributed by atoms with E-state index in [1.165, 1.54) is 18.7 Å². The Morgan fingerprint density at radius 1 is 1.27 bits per heavy atom. The van der Waals surface area contributed by atoms with Crippen molar-refractivity contribution in [1.82, 2.24) is 0 Å². The van der Waals surface area contributed by atoms with Crippen LogP contribution in [0.4, 0.5) is 0 Å². The van der Waals surface area contributed by atoms with Gasteiger partial charge >= 0.3 is 5.97 Å². The molecule has 1 unspecified atom stereocenters. The molecule has 0 saturated heterocycles. The highest BCUT2D eigenvalue weighted by molar-refractivity contribution is 8.00. The van der Waals surface area contributed by atoms with Gasteiger partial charge in [0.05, 0.1) is 0 Å². The second-order valence-corrected chi connectivity index (χ2v) is 4.59. The molecule has 0 spiro atoms. The van der Waals surface area contributed by atoms with Gasteiger partial charge in [-0.25, -0.2) is 0 Å². The highest BCUT2D eigenvalue weighted by atomic mass is 32.2. The van der Waals surface area contributed by atoms with E-state index in [4.69, 9.17) is 5.11 Å². The van der Waals surface area contributed by atoms with E-state index >= 15 is 0 Å². The molecule has 15 heavy (non-hydrogen) atoms. The Morgan fingerprint density at radius 3 is 2.20 bits per heavy atom. The highest BCUT2D eigenvalue weighted by Gasteiger charge is 2.12. The van der Waals surface area contributed by atoms with E-state index in [9.17, 15) is 9.59 Å². The number of carboxylic acid groups (broad SMARTS) is 1. The summed E-state index contributed by atoms with van der Waals surface area (Å²) in [5, 5.41) is 8.23. The minimum absolute atomic E-state index is 0.0119. The molecule has 3 nitrogen and oxygen atoms in total. The molecule has 1 aromatic rings. The predicted molar refractivity (Wildman–Crippen MR) is 59.4 cm³/mol. The van der Waals surface area contributed by atoms with Gasteiger partial charge in [-0.3, -0.25) is 9.59 Å². The fraction of sp³-hybridized carbons (Fsp3) is 0.273. The minimum Gasteiger partial charge on any atom is -0.480 e. The van der Waals surface area contributed by atoms with E-state index in [0.29, 0.717) is 5.56 Å². The summed E-state index contributed by atoms with van der Waals surface area (Å²) in [5.74, 6) is -0.825. The van der Waals surface area contributed by atoms with Crippen molar-refractivity contribution in [3.05, 3.63) is 29.8 Å². The minimum atomic E-state index is -0.837. The molecule has 0 heterocycles. The molecule has 1 rings (SSSR count). The number of carbonyl (C=O) groups excluding carboxylic acids is 1. The Kier molecular flexibility index (Phi) is 3.91. The summed E-state index contributed by atoms with van der Waals surface area (Å²) in [6, 6.07) is 6.94. The lowest BCUT2D eigenvalue weighted by atomic mass is 10.2. The molecule has 1 aromatic carbocycles. The normalized spacial score (nSPS) is 12.1. The molecule has 1 N–H and O–H groups in total. The fourth-order valence-electron chi connectivity index (χ4n) is 1.02. The summed E-state index contributed by atoms with van der Waals surface area (Å²) in [7, 11) is 0. The number of aliphatic carboxylic acids is 1. The largest absolute Gasteiger partial charge is 0.480 e. The maximum absolute atomic E-state index is 11.0. The second-order valence-electron chi connectivity index (χ2n) is 3.18. The third-order valence-corrected chi connectivity index (χ3v) is 3.02. The lowest BCUT2D eigenvalue weighted by molar-refractivity contribution is -0.136. The summed E-state index contributed by atoms with van der Waals surface area (Å²) in [6.45, 7) is 3.13. The van der Waals surface area contributed by atoms with E-state index < -0.39 is 11.2 Å². The van der Waals surface area contributed by atoms with Gasteiger partial charge in [-0.2, -0.15) is 0 Å². The molecule has 0 aromatic heterocycles. The van der Waals surface area contributed by atoms with E-state index in [1.807, 2.05) is 0 Å². The van der Waals surface area contributed by atoms with Crippen molar-refractivity contribution in [2.75, 3.05) is 0 Å². The van der Waals surface area contributed by atoms with Crippen LogP contribution in [0.1, 0.15) is 24.2 Å². The Balaban J connectivity index is 2.72. The number of carbonyl (C=O) groups is 2. The van der Waals surface area contributed by atoms with Crippen LogP contribution in [-0.2, 0) is 4.79 Å². The molecular weight excluding hydrogens is 212 g/mol. The average molecular weight is 224 g/mol. The van der Waals surface area contributed by atoms with Gasteiger partial charge < -0.3 is 5.11 Å². The standard InChI is InChI=1S/C11H12O3S/c1-7(12)9-3-5-10(6-4-9)15-8(2)11(13)14/h3-6,8H,1-2H3,(H,13,14). The van der Waals surface area contributed by atoms with Crippen LogP contribution >= 0.6 is 11.8 Å². The number of thioether (sulfide) groups is 1. The molecular formula is C11H12O3S. The zero-order valence-electron chi connectivity index (χ0n) is 8.56. The van der Waals surface area contributed by atoms with Crippen LogP contribution in [0.3, 0.4) is 0 Å². The molecule has 0 saturated carbocycles. The van der Waals surface area contributed by atoms with Crippen LogP contribution in [0.25, 0.3) is 0 Å². The number of Topliss-reactive ketones (excluding diaryl/α,β-unsaturated/α-hetero) is 1. The van der Waals surface area contributed by atoms with Crippen molar-refractivity contribution in [2.45, 2.75) is 24.0 Å². The number of carboxylic acids is 1. The van der Waals surface area contributed by atoms with Gasteiger partial charge in [0.15, 0.2) is 5.78 Å². The topological polar surface area (TPSA) is 54.4 Å². The highest BCUT2D eigenvalue weighted by Crippen LogP contribution is 2.23. The van der Waals surface area contributed by atoms with Crippen molar-refractivity contribution in [2.24, 2.45) is 0 Å². The zero-order valence-corrected chi connectivity index (χ0v) is 9.38. The first-order valence-corrected chi connectivity index (χ1v) is 5.39. The quantitative estimate of drug-likeness (QED) is 0.630. The fourth-order valence-corrected chi connectivity index (χ4v) is 1.83. The molecule has 0 aliphatic carbocycles. The SMILES string of the molecule is CC(=O)c1ccc(SC(C)C(=O)O)cc1. The van der Waals surface area contributed by atoms with Crippen LogP contribution in [0.5, 0.6) is 0 Å². The number of hydrogen-bond acceptors (Lipinski definition) is 3. The molecule has 4 heteroatoms. The Hall–Kier alpha value is -1.29. The molecule has 1 atom stereocenters. The second kappa shape index (κ2) is 4.98. The van der Waals surface area contributed by atoms with Crippen molar-refractivity contribution in [1.29, 1.82) is 0 Å². The van der Waals surface area contributed by atoms with E-state index in [1.54, 1.807) is 31.2 Å². The Labute approximate surface area is 92.5 Å². The molecule has 0 aliphatic rings. The lowest BCUT2D eigenvalue weighted by Crippen LogP contribution is -2.10. The Bertz CT molecular complexity index is 370. The summed E-state index contributed by atoms with van der Waals surface area (Å²) >= 11 is 1.26. The Morgan fingerprint density at radius 2 is 1.80 bits per heavy atom. The predicted octanol–water partition coefficient (Wildman–Crippen LogP) is 2.45. The molecule has 0 fully saturated rings. The van der Waals surface area contributed by atoms with Gasteiger partial charge in [0.2, 0.25) is 0 Å². The van der Waals surface area contributed by atoms with Crippen molar-refractivity contribution in [3.8, 4) is 0 Å². The summed E-state index contributed by atoms with van der Waals surface area (Å²) < 4.78 is 0. The van der Waals surface area contributed by atoms with Crippen LogP contribution < -0.4 is 0 Å². The summed E-state index contributed by atoms with van der Waals surface area (Å²) in [5.41, 5.74) is 0.641. The summed E-state index contributed by atoms with van der Waals surface area (Å²) in [4.78, 5) is 22.4. The third kappa shape index (κ3) is 3.40. The molecule has 0 amide bonds. The van der Waals surface area contributed by atoms with Gasteiger partial charge in [-0.15, -0.1) is 11.8 Å². The molecule has 0 aliphatic heterocycles. The molecule has 0 bridgehead atoms. The van der Waals surface area contributed by atoms with E-state index in [-0.39, 0.29) is 5.78 Å². The van der Waals surface area contributed by atoms with Gasteiger partial charge in [0.1, 0.15) is 5.25 Å². The van der Waals surface area contributed by atoms with Crippen LogP contribution in [-0.4, -0.2) is 22.1 Å². The molecule has 0 radical (unpaired) electrons. The van der Waals surface area contributed by atoms with E-state index in [0.717, 1.165) is 4.90 Å². The maximum atomic E-state index is 11.0. The maximum Gasteiger partial charge on any atom is 0.316 e. The number of benzene rings is 1.